The lowest BCUT2D eigenvalue weighted by atomic mass is 10.1. The Morgan fingerprint density at radius 3 is 2.59 bits per heavy atom. The van der Waals surface area contributed by atoms with Crippen LogP contribution >= 0.6 is 34.5 Å². The van der Waals surface area contributed by atoms with E-state index in [0.29, 0.717) is 37.0 Å². The van der Waals surface area contributed by atoms with E-state index < -0.39 is 5.82 Å². The molecule has 4 rings (SSSR count). The molecule has 2 aromatic heterocycles. The van der Waals surface area contributed by atoms with Gasteiger partial charge in [0.2, 0.25) is 5.91 Å². The summed E-state index contributed by atoms with van der Waals surface area (Å²) in [6.07, 6.45) is 4.95. The van der Waals surface area contributed by atoms with Crippen molar-refractivity contribution in [2.24, 2.45) is 0 Å². The van der Waals surface area contributed by atoms with Crippen LogP contribution in [0.5, 0.6) is 0 Å². The van der Waals surface area contributed by atoms with Crippen LogP contribution in [0.3, 0.4) is 0 Å². The molecular formula is C19H15Cl2FN4O2S. The summed E-state index contributed by atoms with van der Waals surface area (Å²) in [6, 6.07) is 3.70. The average Bonchev–Trinajstić information content (AvgIpc) is 3.26. The number of fused-ring (bicyclic) bond motifs is 1. The fourth-order valence-electron chi connectivity index (χ4n) is 3.14. The number of imidazole rings is 1. The van der Waals surface area contributed by atoms with Crippen LogP contribution in [0.1, 0.15) is 16.1 Å². The first kappa shape index (κ1) is 19.9. The molecule has 0 aliphatic carbocycles. The van der Waals surface area contributed by atoms with E-state index in [0.717, 1.165) is 11.0 Å². The van der Waals surface area contributed by atoms with Crippen molar-refractivity contribution in [2.45, 2.75) is 0 Å². The van der Waals surface area contributed by atoms with Gasteiger partial charge < -0.3 is 9.80 Å². The number of hydrogen-bond acceptors (Lipinski definition) is 4. The number of halogens is 3. The predicted molar refractivity (Wildman–Crippen MR) is 111 cm³/mol. The van der Waals surface area contributed by atoms with E-state index in [1.165, 1.54) is 29.5 Å². The summed E-state index contributed by atoms with van der Waals surface area (Å²) in [6.45, 7) is 1.52. The third kappa shape index (κ3) is 4.01. The molecule has 0 saturated carbocycles. The molecule has 6 nitrogen and oxygen atoms in total. The highest BCUT2D eigenvalue weighted by atomic mass is 35.5. The molecular weight excluding hydrogens is 438 g/mol. The quantitative estimate of drug-likeness (QED) is 0.567. The van der Waals surface area contributed by atoms with Crippen molar-refractivity contribution in [1.29, 1.82) is 0 Å². The molecule has 1 aliphatic rings. The highest BCUT2D eigenvalue weighted by Crippen LogP contribution is 2.23. The van der Waals surface area contributed by atoms with Gasteiger partial charge in [-0.1, -0.05) is 23.2 Å². The number of benzene rings is 1. The maximum absolute atomic E-state index is 13.2. The third-order valence-corrected chi connectivity index (χ3v) is 6.03. The van der Waals surface area contributed by atoms with Crippen molar-refractivity contribution < 1.29 is 14.0 Å². The molecule has 3 aromatic rings. The summed E-state index contributed by atoms with van der Waals surface area (Å²) < 4.78 is 15.0. The van der Waals surface area contributed by atoms with Gasteiger partial charge in [0.1, 0.15) is 5.82 Å². The lowest BCUT2D eigenvalue weighted by Crippen LogP contribution is -2.50. The second-order valence-corrected chi connectivity index (χ2v) is 8.06. The van der Waals surface area contributed by atoms with Gasteiger partial charge in [0.15, 0.2) is 10.1 Å². The molecule has 3 heterocycles. The van der Waals surface area contributed by atoms with Gasteiger partial charge in [-0.2, -0.15) is 0 Å². The SMILES string of the molecule is O=C(/C=C/c1c(Cl)nc2sccn12)N1CCN(C(=O)c2ccc(F)cc2Cl)CC1. The molecule has 1 aromatic carbocycles. The molecule has 0 atom stereocenters. The van der Waals surface area contributed by atoms with Gasteiger partial charge in [-0.05, 0) is 24.3 Å². The highest BCUT2D eigenvalue weighted by Gasteiger charge is 2.25. The Morgan fingerprint density at radius 1 is 1.14 bits per heavy atom. The number of aromatic nitrogens is 2. The minimum Gasteiger partial charge on any atom is -0.336 e. The van der Waals surface area contributed by atoms with Gasteiger partial charge in [-0.3, -0.25) is 14.0 Å². The first-order valence-electron chi connectivity index (χ1n) is 8.76. The zero-order chi connectivity index (χ0) is 20.5. The van der Waals surface area contributed by atoms with Crippen molar-refractivity contribution in [3.8, 4) is 0 Å². The van der Waals surface area contributed by atoms with E-state index in [2.05, 4.69) is 4.98 Å². The van der Waals surface area contributed by atoms with E-state index in [-0.39, 0.29) is 22.4 Å². The summed E-state index contributed by atoms with van der Waals surface area (Å²) in [5, 5.41) is 2.31. The minimum atomic E-state index is -0.494. The fourth-order valence-corrected chi connectivity index (χ4v) is 4.40. The summed E-state index contributed by atoms with van der Waals surface area (Å²) >= 11 is 13.6. The number of piperazine rings is 1. The number of carbonyl (C=O) groups is 2. The number of hydrogen-bond donors (Lipinski definition) is 0. The topological polar surface area (TPSA) is 57.9 Å². The van der Waals surface area contributed by atoms with Gasteiger partial charge in [0, 0.05) is 43.8 Å². The summed E-state index contributed by atoms with van der Waals surface area (Å²) in [5.41, 5.74) is 0.902. The van der Waals surface area contributed by atoms with Crippen LogP contribution in [-0.2, 0) is 4.79 Å². The van der Waals surface area contributed by atoms with Crippen LogP contribution in [-0.4, -0.2) is 57.2 Å². The number of thiazole rings is 1. The third-order valence-electron chi connectivity index (χ3n) is 4.68. The largest absolute Gasteiger partial charge is 0.336 e. The summed E-state index contributed by atoms with van der Waals surface area (Å²) in [4.78, 5) is 33.4. The monoisotopic (exact) mass is 452 g/mol. The Morgan fingerprint density at radius 2 is 1.86 bits per heavy atom. The molecule has 1 aliphatic heterocycles. The second-order valence-electron chi connectivity index (χ2n) is 6.42. The van der Waals surface area contributed by atoms with Crippen LogP contribution in [0, 0.1) is 5.82 Å². The minimum absolute atomic E-state index is 0.0777. The Labute approximate surface area is 179 Å². The van der Waals surface area contributed by atoms with E-state index in [9.17, 15) is 14.0 Å². The maximum Gasteiger partial charge on any atom is 0.255 e. The predicted octanol–water partition coefficient (Wildman–Crippen LogP) is 3.84. The van der Waals surface area contributed by atoms with Crippen molar-refractivity contribution in [3.63, 3.8) is 0 Å². The van der Waals surface area contributed by atoms with Crippen molar-refractivity contribution in [3.05, 3.63) is 63.1 Å². The average molecular weight is 453 g/mol. The lowest BCUT2D eigenvalue weighted by molar-refractivity contribution is -0.127. The molecule has 0 bridgehead atoms. The molecule has 2 amide bonds. The van der Waals surface area contributed by atoms with Crippen LogP contribution < -0.4 is 0 Å². The van der Waals surface area contributed by atoms with Gasteiger partial charge in [0.05, 0.1) is 16.3 Å². The van der Waals surface area contributed by atoms with Crippen LogP contribution in [0.25, 0.3) is 11.0 Å². The molecule has 29 heavy (non-hydrogen) atoms. The lowest BCUT2D eigenvalue weighted by Gasteiger charge is -2.34. The zero-order valence-corrected chi connectivity index (χ0v) is 17.3. The molecule has 1 saturated heterocycles. The Bertz CT molecular complexity index is 1120. The number of amides is 2. The second kappa shape index (κ2) is 8.14. The Balaban J connectivity index is 1.39. The van der Waals surface area contributed by atoms with E-state index in [1.54, 1.807) is 15.9 Å². The van der Waals surface area contributed by atoms with Crippen molar-refractivity contribution in [1.82, 2.24) is 19.2 Å². The fraction of sp³-hybridized carbons (Fsp3) is 0.211. The molecule has 0 radical (unpaired) electrons. The number of carbonyl (C=O) groups excluding carboxylic acids is 2. The maximum atomic E-state index is 13.2. The Hall–Kier alpha value is -2.42. The van der Waals surface area contributed by atoms with E-state index >= 15 is 0 Å². The molecule has 0 N–H and O–H groups in total. The molecule has 0 spiro atoms. The van der Waals surface area contributed by atoms with Gasteiger partial charge in [-0.25, -0.2) is 9.37 Å². The summed E-state index contributed by atoms with van der Waals surface area (Å²) in [7, 11) is 0. The van der Waals surface area contributed by atoms with Crippen LogP contribution in [0.15, 0.2) is 35.9 Å². The van der Waals surface area contributed by atoms with E-state index in [4.69, 9.17) is 23.2 Å². The van der Waals surface area contributed by atoms with Crippen molar-refractivity contribution >= 4 is 57.4 Å². The van der Waals surface area contributed by atoms with Gasteiger partial charge in [-0.15, -0.1) is 11.3 Å². The number of nitrogens with zero attached hydrogens (tertiary/aromatic N) is 4. The molecule has 1 fully saturated rings. The van der Waals surface area contributed by atoms with E-state index in [1.807, 2.05) is 16.0 Å². The Kier molecular flexibility index (Phi) is 5.58. The molecule has 150 valence electrons. The summed E-state index contributed by atoms with van der Waals surface area (Å²) in [5.74, 6) is -0.937. The smallest absolute Gasteiger partial charge is 0.255 e. The standard InChI is InChI=1S/C19H15Cl2FN4O2S/c20-14-11-12(22)1-2-13(14)18(28)25-7-5-24(6-8-25)16(27)4-3-15-17(21)23-19-26(15)9-10-29-19/h1-4,9-11H,5-8H2/b4-3+. The van der Waals surface area contributed by atoms with Gasteiger partial charge >= 0.3 is 0 Å². The van der Waals surface area contributed by atoms with Gasteiger partial charge in [0.25, 0.3) is 5.91 Å². The molecule has 0 unspecified atom stereocenters. The zero-order valence-electron chi connectivity index (χ0n) is 15.0. The van der Waals surface area contributed by atoms with Crippen LogP contribution in [0.4, 0.5) is 4.39 Å². The number of rotatable bonds is 3. The van der Waals surface area contributed by atoms with Crippen molar-refractivity contribution in [2.75, 3.05) is 26.2 Å². The molecule has 10 heteroatoms. The van der Waals surface area contributed by atoms with Crippen LogP contribution in [0.2, 0.25) is 10.2 Å². The first-order chi connectivity index (χ1) is 13.9. The highest BCUT2D eigenvalue weighted by molar-refractivity contribution is 7.15. The first-order valence-corrected chi connectivity index (χ1v) is 10.4. The normalized spacial score (nSPS) is 14.9.